The molecular weight excluding hydrogens is 272 g/mol. The Kier molecular flexibility index (Phi) is 4.03. The lowest BCUT2D eigenvalue weighted by atomic mass is 9.95. The summed E-state index contributed by atoms with van der Waals surface area (Å²) in [7, 11) is 3.83. The first-order valence-electron chi connectivity index (χ1n) is 7.20. The van der Waals surface area contributed by atoms with Gasteiger partial charge in [0.2, 0.25) is 5.91 Å². The molecule has 0 aromatic carbocycles. The highest BCUT2D eigenvalue weighted by Gasteiger charge is 2.39. The third kappa shape index (κ3) is 2.72. The van der Waals surface area contributed by atoms with E-state index >= 15 is 0 Å². The molecule has 20 heavy (non-hydrogen) atoms. The van der Waals surface area contributed by atoms with Gasteiger partial charge in [-0.25, -0.2) is 0 Å². The fraction of sp³-hybridized carbons (Fsp3) is 0.714. The van der Waals surface area contributed by atoms with Crippen molar-refractivity contribution in [3.63, 3.8) is 0 Å². The van der Waals surface area contributed by atoms with E-state index in [0.717, 1.165) is 12.1 Å². The number of carbonyl (C=O) groups is 1. The van der Waals surface area contributed by atoms with Gasteiger partial charge in [0.15, 0.2) is 0 Å². The molecule has 0 spiro atoms. The van der Waals surface area contributed by atoms with Gasteiger partial charge in [-0.1, -0.05) is 0 Å². The van der Waals surface area contributed by atoms with Crippen LogP contribution in [0.15, 0.2) is 12.4 Å². The van der Waals surface area contributed by atoms with Crippen LogP contribution >= 0.6 is 11.8 Å². The van der Waals surface area contributed by atoms with E-state index in [9.17, 15) is 4.79 Å². The third-order valence-electron chi connectivity index (χ3n) is 4.36. The molecule has 3 rings (SSSR count). The molecule has 0 bridgehead atoms. The SMILES string of the molecule is CN1C(=O)C[C@@H](CN[C@H]2CCSC2)[C@@H]1c1cnn(C)c1. The van der Waals surface area contributed by atoms with Crippen LogP contribution in [0.2, 0.25) is 0 Å². The predicted octanol–water partition coefficient (Wildman–Crippen LogP) is 1.03. The fourth-order valence-electron chi connectivity index (χ4n) is 3.24. The van der Waals surface area contributed by atoms with E-state index in [1.165, 1.54) is 17.9 Å². The van der Waals surface area contributed by atoms with Crippen LogP contribution in [0.5, 0.6) is 0 Å². The van der Waals surface area contributed by atoms with Crippen LogP contribution in [-0.2, 0) is 11.8 Å². The number of carbonyl (C=O) groups excluding carboxylic acids is 1. The Morgan fingerprint density at radius 1 is 1.50 bits per heavy atom. The molecule has 0 unspecified atom stereocenters. The molecule has 0 radical (unpaired) electrons. The van der Waals surface area contributed by atoms with Gasteiger partial charge in [0.1, 0.15) is 0 Å². The van der Waals surface area contributed by atoms with Crippen LogP contribution in [0.3, 0.4) is 0 Å². The van der Waals surface area contributed by atoms with Crippen molar-refractivity contribution in [3.05, 3.63) is 18.0 Å². The number of aromatic nitrogens is 2. The Balaban J connectivity index is 1.69. The van der Waals surface area contributed by atoms with E-state index in [0.29, 0.717) is 18.4 Å². The number of amides is 1. The number of likely N-dealkylation sites (tertiary alicyclic amines) is 1. The topological polar surface area (TPSA) is 50.2 Å². The molecule has 1 aromatic rings. The summed E-state index contributed by atoms with van der Waals surface area (Å²) >= 11 is 2.01. The van der Waals surface area contributed by atoms with Gasteiger partial charge in [0.25, 0.3) is 0 Å². The van der Waals surface area contributed by atoms with Gasteiger partial charge in [-0.3, -0.25) is 9.48 Å². The molecule has 1 aromatic heterocycles. The zero-order valence-corrected chi connectivity index (χ0v) is 12.9. The van der Waals surface area contributed by atoms with Crippen LogP contribution in [0.1, 0.15) is 24.4 Å². The molecule has 1 amide bonds. The Bertz CT molecular complexity index is 483. The molecule has 110 valence electrons. The van der Waals surface area contributed by atoms with E-state index in [-0.39, 0.29) is 11.9 Å². The molecule has 0 saturated carbocycles. The van der Waals surface area contributed by atoms with E-state index in [4.69, 9.17) is 0 Å². The molecule has 2 fully saturated rings. The van der Waals surface area contributed by atoms with E-state index in [1.54, 1.807) is 0 Å². The molecule has 1 N–H and O–H groups in total. The number of aryl methyl sites for hydroxylation is 1. The number of hydrogen-bond donors (Lipinski definition) is 1. The number of hydrogen-bond acceptors (Lipinski definition) is 4. The van der Waals surface area contributed by atoms with Gasteiger partial charge >= 0.3 is 0 Å². The summed E-state index contributed by atoms with van der Waals surface area (Å²) in [6.07, 6.45) is 5.80. The van der Waals surface area contributed by atoms with Crippen molar-refractivity contribution < 1.29 is 4.79 Å². The lowest BCUT2D eigenvalue weighted by molar-refractivity contribution is -0.127. The second-order valence-electron chi connectivity index (χ2n) is 5.83. The highest BCUT2D eigenvalue weighted by Crippen LogP contribution is 2.36. The largest absolute Gasteiger partial charge is 0.338 e. The van der Waals surface area contributed by atoms with Crippen molar-refractivity contribution in [2.75, 3.05) is 25.1 Å². The average molecular weight is 294 g/mol. The van der Waals surface area contributed by atoms with Gasteiger partial charge in [0.05, 0.1) is 12.2 Å². The van der Waals surface area contributed by atoms with Crippen molar-refractivity contribution in [1.82, 2.24) is 20.0 Å². The van der Waals surface area contributed by atoms with Crippen molar-refractivity contribution in [2.24, 2.45) is 13.0 Å². The van der Waals surface area contributed by atoms with Crippen LogP contribution in [-0.4, -0.2) is 51.7 Å². The van der Waals surface area contributed by atoms with Gasteiger partial charge in [-0.2, -0.15) is 16.9 Å². The first-order valence-corrected chi connectivity index (χ1v) is 8.36. The van der Waals surface area contributed by atoms with Crippen LogP contribution in [0.4, 0.5) is 0 Å². The molecular formula is C14H22N4OS. The summed E-state index contributed by atoms with van der Waals surface area (Å²) in [5, 5.41) is 7.89. The van der Waals surface area contributed by atoms with Crippen molar-refractivity contribution >= 4 is 17.7 Å². The smallest absolute Gasteiger partial charge is 0.223 e. The lowest BCUT2D eigenvalue weighted by Crippen LogP contribution is -2.35. The summed E-state index contributed by atoms with van der Waals surface area (Å²) < 4.78 is 1.81. The highest BCUT2D eigenvalue weighted by atomic mass is 32.2. The first kappa shape index (κ1) is 13.9. The predicted molar refractivity (Wildman–Crippen MR) is 80.6 cm³/mol. The molecule has 3 atom stereocenters. The number of nitrogens with zero attached hydrogens (tertiary/aromatic N) is 3. The maximum Gasteiger partial charge on any atom is 0.223 e. The first-order chi connectivity index (χ1) is 9.65. The van der Waals surface area contributed by atoms with Gasteiger partial charge < -0.3 is 10.2 Å². The Morgan fingerprint density at radius 2 is 2.35 bits per heavy atom. The quantitative estimate of drug-likeness (QED) is 0.901. The summed E-state index contributed by atoms with van der Waals surface area (Å²) in [5.74, 6) is 3.05. The highest BCUT2D eigenvalue weighted by molar-refractivity contribution is 7.99. The fourth-order valence-corrected chi connectivity index (χ4v) is 4.42. The maximum absolute atomic E-state index is 12.0. The molecule has 6 heteroatoms. The van der Waals surface area contributed by atoms with Crippen molar-refractivity contribution in [3.8, 4) is 0 Å². The zero-order chi connectivity index (χ0) is 14.1. The molecule has 3 heterocycles. The normalized spacial score (nSPS) is 30.4. The van der Waals surface area contributed by atoms with E-state index in [2.05, 4.69) is 10.4 Å². The molecule has 2 aliphatic rings. The van der Waals surface area contributed by atoms with Crippen LogP contribution in [0.25, 0.3) is 0 Å². The summed E-state index contributed by atoms with van der Waals surface area (Å²) in [6, 6.07) is 0.785. The molecule has 2 aliphatic heterocycles. The molecule has 0 aliphatic carbocycles. The van der Waals surface area contributed by atoms with Crippen LogP contribution < -0.4 is 5.32 Å². The van der Waals surface area contributed by atoms with Crippen LogP contribution in [0, 0.1) is 5.92 Å². The maximum atomic E-state index is 12.0. The Morgan fingerprint density at radius 3 is 3.00 bits per heavy atom. The van der Waals surface area contributed by atoms with Gasteiger partial charge in [0, 0.05) is 56.5 Å². The van der Waals surface area contributed by atoms with E-state index < -0.39 is 0 Å². The summed E-state index contributed by atoms with van der Waals surface area (Å²) in [4.78, 5) is 13.9. The Hall–Kier alpha value is -1.01. The number of nitrogens with one attached hydrogen (secondary N) is 1. The minimum Gasteiger partial charge on any atom is -0.338 e. The van der Waals surface area contributed by atoms with E-state index in [1.807, 2.05) is 47.8 Å². The van der Waals surface area contributed by atoms with Crippen molar-refractivity contribution in [2.45, 2.75) is 24.9 Å². The third-order valence-corrected chi connectivity index (χ3v) is 5.52. The second kappa shape index (κ2) is 5.77. The minimum absolute atomic E-state index is 0.165. The molecule has 2 saturated heterocycles. The standard InChI is InChI=1S/C14H22N4OS/c1-17-8-11(7-16-17)14-10(5-13(19)18(14)2)6-15-12-3-4-20-9-12/h7-8,10,12,14-15H,3-6,9H2,1-2H3/t10-,12-,14+/m0/s1. The summed E-state index contributed by atoms with van der Waals surface area (Å²) in [6.45, 7) is 0.918. The lowest BCUT2D eigenvalue weighted by Gasteiger charge is -2.25. The monoisotopic (exact) mass is 294 g/mol. The molecule has 5 nitrogen and oxygen atoms in total. The van der Waals surface area contributed by atoms with Gasteiger partial charge in [-0.05, 0) is 12.2 Å². The minimum atomic E-state index is 0.165. The zero-order valence-electron chi connectivity index (χ0n) is 12.1. The number of rotatable bonds is 4. The van der Waals surface area contributed by atoms with Gasteiger partial charge in [-0.15, -0.1) is 0 Å². The second-order valence-corrected chi connectivity index (χ2v) is 6.98. The average Bonchev–Trinajstić information content (AvgIpc) is 3.11. The Labute approximate surface area is 124 Å². The summed E-state index contributed by atoms with van der Waals surface area (Å²) in [5.41, 5.74) is 1.15. The number of thioether (sulfide) groups is 1. The van der Waals surface area contributed by atoms with Crippen molar-refractivity contribution in [1.29, 1.82) is 0 Å².